The molecule has 0 aliphatic rings. The van der Waals surface area contributed by atoms with Crippen molar-refractivity contribution in [2.75, 3.05) is 5.32 Å². The molecule has 0 aliphatic heterocycles. The van der Waals surface area contributed by atoms with E-state index in [9.17, 15) is 4.79 Å². The molecule has 21 heavy (non-hydrogen) atoms. The summed E-state index contributed by atoms with van der Waals surface area (Å²) in [5, 5.41) is 12.3. The number of nitriles is 1. The Kier molecular flexibility index (Phi) is 5.15. The molecule has 2 rings (SSSR count). The van der Waals surface area contributed by atoms with E-state index in [4.69, 9.17) is 16.9 Å². The Hall–Kier alpha value is -2.09. The Balaban J connectivity index is 2.19. The van der Waals surface area contributed by atoms with Crippen LogP contribution in [0.15, 0.2) is 58.6 Å². The summed E-state index contributed by atoms with van der Waals surface area (Å²) in [5.74, 6) is -0.470. The van der Waals surface area contributed by atoms with Crippen molar-refractivity contribution in [3.8, 4) is 6.07 Å². The van der Waals surface area contributed by atoms with E-state index in [1.807, 2.05) is 30.3 Å². The molecule has 0 spiro atoms. The highest BCUT2D eigenvalue weighted by Gasteiger charge is 2.09. The van der Waals surface area contributed by atoms with Gasteiger partial charge in [0.25, 0.3) is 5.91 Å². The summed E-state index contributed by atoms with van der Waals surface area (Å²) in [5.41, 5.74) is 1.35. The summed E-state index contributed by atoms with van der Waals surface area (Å²) < 4.78 is 0.932. The Morgan fingerprint density at radius 1 is 1.24 bits per heavy atom. The van der Waals surface area contributed by atoms with Crippen molar-refractivity contribution in [1.29, 1.82) is 5.26 Å². The third-order valence-corrected chi connectivity index (χ3v) is 3.39. The molecule has 5 heteroatoms. The molecular formula is C16H10BrClN2O. The molecule has 0 saturated heterocycles. The first kappa shape index (κ1) is 15.3. The summed E-state index contributed by atoms with van der Waals surface area (Å²) >= 11 is 9.18. The molecule has 1 amide bonds. The van der Waals surface area contributed by atoms with Crippen LogP contribution in [0.3, 0.4) is 0 Å². The van der Waals surface area contributed by atoms with Crippen molar-refractivity contribution in [3.05, 3.63) is 69.2 Å². The maximum atomic E-state index is 12.1. The van der Waals surface area contributed by atoms with E-state index < -0.39 is 5.91 Å². The van der Waals surface area contributed by atoms with Crippen LogP contribution in [0.1, 0.15) is 5.56 Å². The van der Waals surface area contributed by atoms with E-state index in [-0.39, 0.29) is 5.57 Å². The fourth-order valence-corrected chi connectivity index (χ4v) is 2.09. The van der Waals surface area contributed by atoms with Gasteiger partial charge in [-0.3, -0.25) is 4.79 Å². The van der Waals surface area contributed by atoms with Crippen LogP contribution >= 0.6 is 27.5 Å². The number of benzene rings is 2. The lowest BCUT2D eigenvalue weighted by Gasteiger charge is -2.04. The van der Waals surface area contributed by atoms with Gasteiger partial charge in [-0.05, 0) is 42.0 Å². The molecule has 104 valence electrons. The summed E-state index contributed by atoms with van der Waals surface area (Å²) in [6, 6.07) is 16.0. The smallest absolute Gasteiger partial charge is 0.266 e. The van der Waals surface area contributed by atoms with Crippen molar-refractivity contribution >= 4 is 45.2 Å². The van der Waals surface area contributed by atoms with Gasteiger partial charge in [-0.1, -0.05) is 45.7 Å². The Labute approximate surface area is 136 Å². The van der Waals surface area contributed by atoms with Gasteiger partial charge in [-0.15, -0.1) is 0 Å². The lowest BCUT2D eigenvalue weighted by Crippen LogP contribution is -2.13. The second-order valence-corrected chi connectivity index (χ2v) is 5.54. The monoisotopic (exact) mass is 360 g/mol. The Morgan fingerprint density at radius 2 is 1.95 bits per heavy atom. The van der Waals surface area contributed by atoms with Crippen LogP contribution in [0, 0.1) is 11.3 Å². The number of carbonyl (C=O) groups excluding carboxylic acids is 1. The van der Waals surface area contributed by atoms with Crippen LogP contribution in [-0.4, -0.2) is 5.91 Å². The predicted molar refractivity (Wildman–Crippen MR) is 87.8 cm³/mol. The average molecular weight is 362 g/mol. The van der Waals surface area contributed by atoms with Gasteiger partial charge in [0.15, 0.2) is 0 Å². The van der Waals surface area contributed by atoms with Crippen molar-refractivity contribution in [1.82, 2.24) is 0 Å². The summed E-state index contributed by atoms with van der Waals surface area (Å²) in [4.78, 5) is 12.1. The number of carbonyl (C=O) groups is 1. The van der Waals surface area contributed by atoms with Gasteiger partial charge in [0.05, 0.1) is 0 Å². The number of nitrogens with zero attached hydrogens (tertiary/aromatic N) is 1. The van der Waals surface area contributed by atoms with E-state index >= 15 is 0 Å². The van der Waals surface area contributed by atoms with E-state index in [0.717, 1.165) is 10.0 Å². The average Bonchev–Trinajstić information content (AvgIpc) is 2.46. The van der Waals surface area contributed by atoms with E-state index in [2.05, 4.69) is 21.2 Å². The topological polar surface area (TPSA) is 52.9 Å². The molecule has 2 aromatic carbocycles. The molecule has 1 N–H and O–H groups in total. The van der Waals surface area contributed by atoms with Crippen LogP contribution in [0.4, 0.5) is 5.69 Å². The minimum atomic E-state index is -0.470. The fraction of sp³-hybridized carbons (Fsp3) is 0. The fourth-order valence-electron chi connectivity index (χ4n) is 1.64. The van der Waals surface area contributed by atoms with Gasteiger partial charge >= 0.3 is 0 Å². The molecule has 3 nitrogen and oxygen atoms in total. The third-order valence-electron chi connectivity index (χ3n) is 2.63. The summed E-state index contributed by atoms with van der Waals surface area (Å²) in [6.45, 7) is 0. The SMILES string of the molecule is N#C/C(=C\c1ccc(Br)cc1)C(=O)Nc1cccc(Cl)c1. The van der Waals surface area contributed by atoms with E-state index in [0.29, 0.717) is 10.7 Å². The number of halogens is 2. The summed E-state index contributed by atoms with van der Waals surface area (Å²) in [6.07, 6.45) is 1.53. The third kappa shape index (κ3) is 4.45. The zero-order valence-corrected chi connectivity index (χ0v) is 13.1. The van der Waals surface area contributed by atoms with Crippen LogP contribution in [0.2, 0.25) is 5.02 Å². The standard InChI is InChI=1S/C16H10BrClN2O/c17-13-6-4-11(5-7-13)8-12(10-19)16(21)20-15-3-1-2-14(18)9-15/h1-9H,(H,20,21)/b12-8+. The van der Waals surface area contributed by atoms with Crippen molar-refractivity contribution < 1.29 is 4.79 Å². The highest BCUT2D eigenvalue weighted by molar-refractivity contribution is 9.10. The lowest BCUT2D eigenvalue weighted by molar-refractivity contribution is -0.112. The number of hydrogen-bond donors (Lipinski definition) is 1. The predicted octanol–water partition coefficient (Wildman–Crippen LogP) is 4.65. The largest absolute Gasteiger partial charge is 0.321 e. The molecular weight excluding hydrogens is 352 g/mol. The zero-order valence-electron chi connectivity index (χ0n) is 10.8. The zero-order chi connectivity index (χ0) is 15.2. The highest BCUT2D eigenvalue weighted by atomic mass is 79.9. The molecule has 0 bridgehead atoms. The first-order valence-corrected chi connectivity index (χ1v) is 7.20. The molecule has 0 heterocycles. The highest BCUT2D eigenvalue weighted by Crippen LogP contribution is 2.17. The normalized spacial score (nSPS) is 10.8. The van der Waals surface area contributed by atoms with Gasteiger partial charge in [0.1, 0.15) is 11.6 Å². The molecule has 0 atom stereocenters. The number of nitrogens with one attached hydrogen (secondary N) is 1. The molecule has 0 fully saturated rings. The number of anilines is 1. The van der Waals surface area contributed by atoms with Crippen LogP contribution in [-0.2, 0) is 4.79 Å². The van der Waals surface area contributed by atoms with Gasteiger partial charge in [0.2, 0.25) is 0 Å². The van der Waals surface area contributed by atoms with Gasteiger partial charge in [-0.25, -0.2) is 0 Å². The summed E-state index contributed by atoms with van der Waals surface area (Å²) in [7, 11) is 0. The first-order chi connectivity index (χ1) is 10.1. The molecule has 2 aromatic rings. The maximum Gasteiger partial charge on any atom is 0.266 e. The molecule has 0 radical (unpaired) electrons. The van der Waals surface area contributed by atoms with Gasteiger partial charge in [-0.2, -0.15) is 5.26 Å². The minimum Gasteiger partial charge on any atom is -0.321 e. The number of amides is 1. The lowest BCUT2D eigenvalue weighted by atomic mass is 10.1. The van der Waals surface area contributed by atoms with Crippen LogP contribution in [0.25, 0.3) is 6.08 Å². The number of rotatable bonds is 3. The van der Waals surface area contributed by atoms with Crippen molar-refractivity contribution in [3.63, 3.8) is 0 Å². The Bertz CT molecular complexity index is 733. The van der Waals surface area contributed by atoms with E-state index in [1.54, 1.807) is 24.3 Å². The second-order valence-electron chi connectivity index (χ2n) is 4.19. The second kappa shape index (κ2) is 7.07. The van der Waals surface area contributed by atoms with Crippen molar-refractivity contribution in [2.45, 2.75) is 0 Å². The molecule has 0 unspecified atom stereocenters. The number of hydrogen-bond acceptors (Lipinski definition) is 2. The molecule has 0 aromatic heterocycles. The van der Waals surface area contributed by atoms with Gasteiger partial charge in [0, 0.05) is 15.2 Å². The first-order valence-electron chi connectivity index (χ1n) is 6.03. The quantitative estimate of drug-likeness (QED) is 0.639. The van der Waals surface area contributed by atoms with Crippen molar-refractivity contribution in [2.24, 2.45) is 0 Å². The maximum absolute atomic E-state index is 12.1. The Morgan fingerprint density at radius 3 is 2.57 bits per heavy atom. The van der Waals surface area contributed by atoms with Crippen LogP contribution in [0.5, 0.6) is 0 Å². The van der Waals surface area contributed by atoms with Crippen LogP contribution < -0.4 is 5.32 Å². The molecule has 0 aliphatic carbocycles. The van der Waals surface area contributed by atoms with E-state index in [1.165, 1.54) is 6.08 Å². The minimum absolute atomic E-state index is 0.0253. The molecule has 0 saturated carbocycles. The van der Waals surface area contributed by atoms with Gasteiger partial charge < -0.3 is 5.32 Å².